The molecule has 0 unspecified atom stereocenters. The van der Waals surface area contributed by atoms with Crippen LogP contribution >= 0.6 is 0 Å². The first-order chi connectivity index (χ1) is 7.20. The van der Waals surface area contributed by atoms with E-state index in [1.807, 2.05) is 0 Å². The van der Waals surface area contributed by atoms with Crippen molar-refractivity contribution in [2.45, 2.75) is 40.2 Å². The van der Waals surface area contributed by atoms with Crippen LogP contribution in [0.5, 0.6) is 0 Å². The maximum atomic E-state index is 3.50. The predicted molar refractivity (Wildman–Crippen MR) is 67.0 cm³/mol. The van der Waals surface area contributed by atoms with E-state index in [1.165, 1.54) is 24.0 Å². The normalized spacial score (nSPS) is 10.9. The summed E-state index contributed by atoms with van der Waals surface area (Å²) < 4.78 is 0. The van der Waals surface area contributed by atoms with Gasteiger partial charge in [0.15, 0.2) is 0 Å². The summed E-state index contributed by atoms with van der Waals surface area (Å²) in [4.78, 5) is 0. The summed E-state index contributed by atoms with van der Waals surface area (Å²) in [6.07, 6.45) is 2.60. The minimum atomic E-state index is 0.824. The van der Waals surface area contributed by atoms with Crippen LogP contribution in [0.2, 0.25) is 0 Å². The molecule has 0 amide bonds. The van der Waals surface area contributed by atoms with E-state index in [-0.39, 0.29) is 0 Å². The Balaban J connectivity index is 2.18. The molecule has 1 N–H and O–H groups in total. The Kier molecular flexibility index (Phi) is 5.41. The van der Waals surface area contributed by atoms with E-state index in [9.17, 15) is 0 Å². The highest BCUT2D eigenvalue weighted by atomic mass is 14.8. The van der Waals surface area contributed by atoms with E-state index >= 15 is 0 Å². The summed E-state index contributed by atoms with van der Waals surface area (Å²) in [6.45, 7) is 8.87. The van der Waals surface area contributed by atoms with Gasteiger partial charge in [-0.3, -0.25) is 0 Å². The van der Waals surface area contributed by atoms with Crippen LogP contribution in [0, 0.1) is 12.8 Å². The quantitative estimate of drug-likeness (QED) is 0.701. The van der Waals surface area contributed by atoms with Gasteiger partial charge in [0, 0.05) is 6.54 Å². The Labute approximate surface area is 93.9 Å². The van der Waals surface area contributed by atoms with Crippen LogP contribution in [0.15, 0.2) is 24.3 Å². The van der Waals surface area contributed by atoms with Gasteiger partial charge in [0.05, 0.1) is 0 Å². The number of hydrogen-bond acceptors (Lipinski definition) is 1. The van der Waals surface area contributed by atoms with Crippen molar-refractivity contribution < 1.29 is 0 Å². The molecule has 0 spiro atoms. The highest BCUT2D eigenvalue weighted by Crippen LogP contribution is 2.06. The Morgan fingerprint density at radius 3 is 2.60 bits per heavy atom. The van der Waals surface area contributed by atoms with Gasteiger partial charge in [-0.25, -0.2) is 0 Å². The minimum Gasteiger partial charge on any atom is -0.313 e. The summed E-state index contributed by atoms with van der Waals surface area (Å²) in [6, 6.07) is 8.58. The summed E-state index contributed by atoms with van der Waals surface area (Å²) in [5.41, 5.74) is 2.80. The first kappa shape index (κ1) is 12.3. The lowest BCUT2D eigenvalue weighted by atomic mass is 10.1. The summed E-state index contributed by atoms with van der Waals surface area (Å²) in [7, 11) is 0. The van der Waals surface area contributed by atoms with Crippen LogP contribution in [-0.4, -0.2) is 6.54 Å². The molecule has 1 aromatic rings. The summed E-state index contributed by atoms with van der Waals surface area (Å²) >= 11 is 0. The van der Waals surface area contributed by atoms with E-state index in [1.54, 1.807) is 0 Å². The largest absolute Gasteiger partial charge is 0.313 e. The first-order valence-corrected chi connectivity index (χ1v) is 5.95. The third-order valence-corrected chi connectivity index (χ3v) is 2.71. The zero-order valence-corrected chi connectivity index (χ0v) is 10.2. The van der Waals surface area contributed by atoms with Crippen LogP contribution in [0.3, 0.4) is 0 Å². The van der Waals surface area contributed by atoms with Gasteiger partial charge >= 0.3 is 0 Å². The van der Waals surface area contributed by atoms with Gasteiger partial charge in [0.1, 0.15) is 0 Å². The second kappa shape index (κ2) is 6.62. The number of benzene rings is 1. The zero-order chi connectivity index (χ0) is 11.1. The number of rotatable bonds is 6. The van der Waals surface area contributed by atoms with Gasteiger partial charge in [0.2, 0.25) is 0 Å². The standard InChI is InChI=1S/C14H23N/c1-12(2)7-6-10-15-11-14-9-5-4-8-13(14)3/h4-5,8-9,12,15H,6-7,10-11H2,1-3H3. The van der Waals surface area contributed by atoms with E-state index in [2.05, 4.69) is 50.4 Å². The molecule has 15 heavy (non-hydrogen) atoms. The van der Waals surface area contributed by atoms with Crippen molar-refractivity contribution in [2.24, 2.45) is 5.92 Å². The molecule has 0 aliphatic carbocycles. The molecule has 1 aromatic carbocycles. The Bertz CT molecular complexity index is 278. The molecular weight excluding hydrogens is 182 g/mol. The molecule has 0 heterocycles. The number of hydrogen-bond donors (Lipinski definition) is 1. The maximum Gasteiger partial charge on any atom is 0.0208 e. The van der Waals surface area contributed by atoms with Gasteiger partial charge in [-0.1, -0.05) is 38.1 Å². The van der Waals surface area contributed by atoms with Crippen LogP contribution in [0.25, 0.3) is 0 Å². The van der Waals surface area contributed by atoms with Gasteiger partial charge in [-0.05, 0) is 43.4 Å². The van der Waals surface area contributed by atoms with Crippen LogP contribution in [0.4, 0.5) is 0 Å². The van der Waals surface area contributed by atoms with Gasteiger partial charge in [-0.2, -0.15) is 0 Å². The Morgan fingerprint density at radius 2 is 1.93 bits per heavy atom. The molecule has 1 nitrogen and oxygen atoms in total. The van der Waals surface area contributed by atoms with E-state index in [0.717, 1.165) is 19.0 Å². The molecule has 0 aliphatic rings. The smallest absolute Gasteiger partial charge is 0.0208 e. The molecule has 84 valence electrons. The van der Waals surface area contributed by atoms with Crippen molar-refractivity contribution in [1.82, 2.24) is 5.32 Å². The van der Waals surface area contributed by atoms with Crippen molar-refractivity contribution in [3.63, 3.8) is 0 Å². The third-order valence-electron chi connectivity index (χ3n) is 2.71. The Morgan fingerprint density at radius 1 is 1.20 bits per heavy atom. The topological polar surface area (TPSA) is 12.0 Å². The van der Waals surface area contributed by atoms with E-state index in [0.29, 0.717) is 0 Å². The predicted octanol–water partition coefficient (Wildman–Crippen LogP) is 3.52. The molecule has 0 atom stereocenters. The maximum absolute atomic E-state index is 3.50. The average molecular weight is 205 g/mol. The lowest BCUT2D eigenvalue weighted by molar-refractivity contribution is 0.527. The lowest BCUT2D eigenvalue weighted by Gasteiger charge is -2.08. The fourth-order valence-corrected chi connectivity index (χ4v) is 1.67. The fraction of sp³-hybridized carbons (Fsp3) is 0.571. The van der Waals surface area contributed by atoms with Crippen LogP contribution in [0.1, 0.15) is 37.8 Å². The second-order valence-corrected chi connectivity index (χ2v) is 4.64. The highest BCUT2D eigenvalue weighted by Gasteiger charge is 1.96. The van der Waals surface area contributed by atoms with Crippen molar-refractivity contribution in [3.8, 4) is 0 Å². The molecule has 0 saturated carbocycles. The van der Waals surface area contributed by atoms with Gasteiger partial charge < -0.3 is 5.32 Å². The SMILES string of the molecule is Cc1ccccc1CNCCCC(C)C. The zero-order valence-electron chi connectivity index (χ0n) is 10.2. The van der Waals surface area contributed by atoms with Crippen LogP contribution < -0.4 is 5.32 Å². The van der Waals surface area contributed by atoms with Crippen molar-refractivity contribution >= 4 is 0 Å². The number of nitrogens with one attached hydrogen (secondary N) is 1. The van der Waals surface area contributed by atoms with Crippen molar-refractivity contribution in [3.05, 3.63) is 35.4 Å². The molecule has 0 aromatic heterocycles. The molecule has 1 rings (SSSR count). The Hall–Kier alpha value is -0.820. The van der Waals surface area contributed by atoms with E-state index in [4.69, 9.17) is 0 Å². The lowest BCUT2D eigenvalue weighted by Crippen LogP contribution is -2.15. The molecule has 0 fully saturated rings. The molecular formula is C14H23N. The highest BCUT2D eigenvalue weighted by molar-refractivity contribution is 5.25. The molecule has 0 radical (unpaired) electrons. The number of aryl methyl sites for hydroxylation is 1. The molecule has 0 bridgehead atoms. The van der Waals surface area contributed by atoms with Crippen LogP contribution in [-0.2, 0) is 6.54 Å². The molecule has 0 saturated heterocycles. The first-order valence-electron chi connectivity index (χ1n) is 5.95. The molecule has 0 aliphatic heterocycles. The summed E-state index contributed by atoms with van der Waals surface area (Å²) in [5, 5.41) is 3.50. The third kappa shape index (κ3) is 4.98. The second-order valence-electron chi connectivity index (χ2n) is 4.64. The monoisotopic (exact) mass is 205 g/mol. The fourth-order valence-electron chi connectivity index (χ4n) is 1.67. The average Bonchev–Trinajstić information content (AvgIpc) is 2.20. The van der Waals surface area contributed by atoms with Gasteiger partial charge in [-0.15, -0.1) is 0 Å². The van der Waals surface area contributed by atoms with Gasteiger partial charge in [0.25, 0.3) is 0 Å². The molecule has 1 heteroatoms. The van der Waals surface area contributed by atoms with Crippen molar-refractivity contribution in [1.29, 1.82) is 0 Å². The minimum absolute atomic E-state index is 0.824. The van der Waals surface area contributed by atoms with Crippen molar-refractivity contribution in [2.75, 3.05) is 6.54 Å². The summed E-state index contributed by atoms with van der Waals surface area (Å²) in [5.74, 6) is 0.824. The van der Waals surface area contributed by atoms with E-state index < -0.39 is 0 Å².